The Morgan fingerprint density at radius 3 is 3.12 bits per heavy atom. The number of carbonyl (C=O) groups excluding carboxylic acids is 1. The molecule has 3 rings (SSSR count). The smallest absolute Gasteiger partial charge is 0.220 e. The molecule has 2 heterocycles. The van der Waals surface area contributed by atoms with E-state index in [2.05, 4.69) is 10.3 Å². The van der Waals surface area contributed by atoms with E-state index in [-0.39, 0.29) is 5.91 Å². The van der Waals surface area contributed by atoms with E-state index >= 15 is 0 Å². The largest absolute Gasteiger partial charge is 0.496 e. The molecule has 2 aromatic rings. The second kappa shape index (κ2) is 8.26. The van der Waals surface area contributed by atoms with E-state index in [9.17, 15) is 4.79 Å². The highest BCUT2D eigenvalue weighted by Crippen LogP contribution is 2.32. The summed E-state index contributed by atoms with van der Waals surface area (Å²) in [5.74, 6) is 1.24. The summed E-state index contributed by atoms with van der Waals surface area (Å²) in [4.78, 5) is 17.5. The number of hydrogen-bond donors (Lipinski definition) is 1. The van der Waals surface area contributed by atoms with E-state index in [1.807, 2.05) is 30.5 Å². The Balaban J connectivity index is 1.55. The summed E-state index contributed by atoms with van der Waals surface area (Å²) < 4.78 is 10.8. The van der Waals surface area contributed by atoms with Gasteiger partial charge in [0.25, 0.3) is 0 Å². The molecule has 128 valence electrons. The maximum Gasteiger partial charge on any atom is 0.220 e. The molecule has 1 saturated heterocycles. The fourth-order valence-corrected chi connectivity index (χ4v) is 3.71. The number of para-hydroxylation sites is 1. The fourth-order valence-electron chi connectivity index (χ4n) is 2.82. The van der Waals surface area contributed by atoms with Crippen LogP contribution >= 0.6 is 11.3 Å². The molecule has 1 atom stereocenters. The normalized spacial score (nSPS) is 17.5. The van der Waals surface area contributed by atoms with Gasteiger partial charge in [0.05, 0.1) is 19.2 Å². The van der Waals surface area contributed by atoms with Crippen LogP contribution in [0.1, 0.15) is 24.1 Å². The van der Waals surface area contributed by atoms with Crippen molar-refractivity contribution in [3.05, 3.63) is 35.3 Å². The molecule has 24 heavy (non-hydrogen) atoms. The molecule has 1 aliphatic heterocycles. The average molecular weight is 346 g/mol. The highest BCUT2D eigenvalue weighted by Gasteiger charge is 2.17. The lowest BCUT2D eigenvalue weighted by molar-refractivity contribution is -0.123. The molecular weight excluding hydrogens is 324 g/mol. The number of rotatable bonds is 6. The van der Waals surface area contributed by atoms with E-state index in [1.54, 1.807) is 18.4 Å². The zero-order valence-electron chi connectivity index (χ0n) is 13.8. The van der Waals surface area contributed by atoms with E-state index in [0.717, 1.165) is 40.6 Å². The zero-order valence-corrected chi connectivity index (χ0v) is 14.6. The van der Waals surface area contributed by atoms with E-state index < -0.39 is 0 Å². The van der Waals surface area contributed by atoms with Crippen molar-refractivity contribution in [3.63, 3.8) is 0 Å². The standard InChI is InChI=1S/C18H22N2O3S/c1-22-16-7-3-2-6-15(16)18-20-11-14(24-18)10-19-17(21)9-13-5-4-8-23-12-13/h2-3,6-7,11,13H,4-5,8-10,12H2,1H3,(H,19,21)/t13-/m1/s1. The molecule has 1 fully saturated rings. The van der Waals surface area contributed by atoms with E-state index in [1.165, 1.54) is 0 Å². The van der Waals surface area contributed by atoms with Crippen molar-refractivity contribution in [2.45, 2.75) is 25.8 Å². The van der Waals surface area contributed by atoms with Gasteiger partial charge in [0, 0.05) is 30.7 Å². The maximum absolute atomic E-state index is 12.1. The third kappa shape index (κ3) is 4.33. The fraction of sp³-hybridized carbons (Fsp3) is 0.444. The molecule has 0 saturated carbocycles. The van der Waals surface area contributed by atoms with Crippen LogP contribution in [0.4, 0.5) is 0 Å². The van der Waals surface area contributed by atoms with Gasteiger partial charge in [-0.25, -0.2) is 4.98 Å². The van der Waals surface area contributed by atoms with Crippen molar-refractivity contribution < 1.29 is 14.3 Å². The monoisotopic (exact) mass is 346 g/mol. The van der Waals surface area contributed by atoms with Crippen molar-refractivity contribution in [2.75, 3.05) is 20.3 Å². The molecule has 1 aromatic heterocycles. The van der Waals surface area contributed by atoms with Gasteiger partial charge in [0.2, 0.25) is 5.91 Å². The highest BCUT2D eigenvalue weighted by atomic mass is 32.1. The Labute approximate surface area is 146 Å². The molecule has 6 heteroatoms. The Hall–Kier alpha value is -1.92. The van der Waals surface area contributed by atoms with Crippen LogP contribution in [0, 0.1) is 5.92 Å². The van der Waals surface area contributed by atoms with Crippen molar-refractivity contribution in [3.8, 4) is 16.3 Å². The first kappa shape index (κ1) is 16.9. The van der Waals surface area contributed by atoms with Gasteiger partial charge in [0.15, 0.2) is 0 Å². The van der Waals surface area contributed by atoms with Gasteiger partial charge in [-0.05, 0) is 30.9 Å². The molecule has 0 radical (unpaired) electrons. The SMILES string of the molecule is COc1ccccc1-c1ncc(CNC(=O)C[C@H]2CCCOC2)s1. The zero-order chi connectivity index (χ0) is 16.8. The van der Waals surface area contributed by atoms with Crippen LogP contribution in [0.5, 0.6) is 5.75 Å². The van der Waals surface area contributed by atoms with Gasteiger partial charge in [0.1, 0.15) is 10.8 Å². The van der Waals surface area contributed by atoms with Crippen molar-refractivity contribution in [1.29, 1.82) is 0 Å². The number of benzene rings is 1. The van der Waals surface area contributed by atoms with Crippen molar-refractivity contribution in [1.82, 2.24) is 10.3 Å². The number of thiazole rings is 1. The van der Waals surface area contributed by atoms with Crippen molar-refractivity contribution >= 4 is 17.2 Å². The second-order valence-corrected chi connectivity index (χ2v) is 7.01. The Morgan fingerprint density at radius 1 is 1.46 bits per heavy atom. The lowest BCUT2D eigenvalue weighted by Gasteiger charge is -2.21. The molecule has 1 N–H and O–H groups in total. The van der Waals surface area contributed by atoms with Crippen LogP contribution in [0.3, 0.4) is 0 Å². The number of hydrogen-bond acceptors (Lipinski definition) is 5. The summed E-state index contributed by atoms with van der Waals surface area (Å²) >= 11 is 1.57. The third-order valence-corrected chi connectivity index (χ3v) is 5.11. The number of aromatic nitrogens is 1. The van der Waals surface area contributed by atoms with E-state index in [4.69, 9.17) is 9.47 Å². The minimum atomic E-state index is 0.0812. The topological polar surface area (TPSA) is 60.5 Å². The first-order chi connectivity index (χ1) is 11.8. The molecule has 0 spiro atoms. The predicted molar refractivity (Wildman–Crippen MR) is 94.1 cm³/mol. The summed E-state index contributed by atoms with van der Waals surface area (Å²) in [5, 5.41) is 3.88. The Morgan fingerprint density at radius 2 is 2.33 bits per heavy atom. The van der Waals surface area contributed by atoms with Gasteiger partial charge in [-0.1, -0.05) is 12.1 Å². The molecule has 1 aromatic carbocycles. The number of nitrogens with zero attached hydrogens (tertiary/aromatic N) is 1. The Bertz CT molecular complexity index is 680. The molecular formula is C18H22N2O3S. The summed E-state index contributed by atoms with van der Waals surface area (Å²) in [5.41, 5.74) is 0.974. The van der Waals surface area contributed by atoms with Crippen LogP contribution in [-0.4, -0.2) is 31.2 Å². The first-order valence-electron chi connectivity index (χ1n) is 8.19. The van der Waals surface area contributed by atoms with Crippen LogP contribution in [0.2, 0.25) is 0 Å². The number of methoxy groups -OCH3 is 1. The molecule has 0 bridgehead atoms. The van der Waals surface area contributed by atoms with Gasteiger partial charge in [-0.15, -0.1) is 11.3 Å². The molecule has 0 unspecified atom stereocenters. The summed E-state index contributed by atoms with van der Waals surface area (Å²) in [6, 6.07) is 7.81. The summed E-state index contributed by atoms with van der Waals surface area (Å²) in [6.07, 6.45) is 4.48. The average Bonchev–Trinajstić information content (AvgIpc) is 3.09. The van der Waals surface area contributed by atoms with Crippen LogP contribution in [0.25, 0.3) is 10.6 Å². The van der Waals surface area contributed by atoms with Gasteiger partial charge in [-0.2, -0.15) is 0 Å². The van der Waals surface area contributed by atoms with Crippen molar-refractivity contribution in [2.24, 2.45) is 5.92 Å². The number of carbonyl (C=O) groups is 1. The third-order valence-electron chi connectivity index (χ3n) is 4.08. The number of nitrogens with one attached hydrogen (secondary N) is 1. The lowest BCUT2D eigenvalue weighted by atomic mass is 9.98. The Kier molecular flexibility index (Phi) is 5.82. The summed E-state index contributed by atoms with van der Waals surface area (Å²) in [6.45, 7) is 2.04. The quantitative estimate of drug-likeness (QED) is 0.872. The predicted octanol–water partition coefficient (Wildman–Crippen LogP) is 3.25. The van der Waals surface area contributed by atoms with Crippen LogP contribution in [-0.2, 0) is 16.1 Å². The van der Waals surface area contributed by atoms with Gasteiger partial charge >= 0.3 is 0 Å². The van der Waals surface area contributed by atoms with E-state index in [0.29, 0.717) is 25.5 Å². The lowest BCUT2D eigenvalue weighted by Crippen LogP contribution is -2.28. The molecule has 1 aliphatic rings. The maximum atomic E-state index is 12.1. The first-order valence-corrected chi connectivity index (χ1v) is 9.00. The molecule has 5 nitrogen and oxygen atoms in total. The summed E-state index contributed by atoms with van der Waals surface area (Å²) in [7, 11) is 1.66. The minimum Gasteiger partial charge on any atom is -0.496 e. The highest BCUT2D eigenvalue weighted by molar-refractivity contribution is 7.15. The van der Waals surface area contributed by atoms with Crippen LogP contribution in [0.15, 0.2) is 30.5 Å². The second-order valence-electron chi connectivity index (χ2n) is 5.90. The van der Waals surface area contributed by atoms with Crippen LogP contribution < -0.4 is 10.1 Å². The molecule has 0 aliphatic carbocycles. The minimum absolute atomic E-state index is 0.0812. The molecule has 1 amide bonds. The number of amides is 1. The van der Waals surface area contributed by atoms with Gasteiger partial charge in [-0.3, -0.25) is 4.79 Å². The van der Waals surface area contributed by atoms with Gasteiger partial charge < -0.3 is 14.8 Å². The number of ether oxygens (including phenoxy) is 2.